The first-order valence-corrected chi connectivity index (χ1v) is 10.2. The van der Waals surface area contributed by atoms with Gasteiger partial charge in [0.25, 0.3) is 15.9 Å². The molecule has 1 amide bonds. The van der Waals surface area contributed by atoms with Gasteiger partial charge in [-0.1, -0.05) is 26.2 Å². The molecule has 0 heterocycles. The van der Waals surface area contributed by atoms with Crippen LogP contribution in [0.4, 0.5) is 4.39 Å². The Morgan fingerprint density at radius 3 is 2.30 bits per heavy atom. The van der Waals surface area contributed by atoms with Crippen LogP contribution in [-0.2, 0) is 10.0 Å². The van der Waals surface area contributed by atoms with Crippen LogP contribution in [0.5, 0.6) is 5.75 Å². The van der Waals surface area contributed by atoms with Crippen LogP contribution in [-0.4, -0.2) is 20.9 Å². The number of hydrogen-bond donors (Lipinski definition) is 2. The molecule has 146 valence electrons. The van der Waals surface area contributed by atoms with Gasteiger partial charge < -0.3 is 4.74 Å². The SMILES string of the molecule is CCCCCCOc1ccc(C(=O)NNS(=O)(=O)c2ccc(F)cc2)cc1. The summed E-state index contributed by atoms with van der Waals surface area (Å²) in [7, 11) is -3.98. The van der Waals surface area contributed by atoms with Crippen molar-refractivity contribution in [3.63, 3.8) is 0 Å². The van der Waals surface area contributed by atoms with Gasteiger partial charge in [-0.2, -0.15) is 0 Å². The van der Waals surface area contributed by atoms with Crippen molar-refractivity contribution in [1.29, 1.82) is 0 Å². The molecule has 0 aliphatic rings. The summed E-state index contributed by atoms with van der Waals surface area (Å²) in [4.78, 5) is 13.9. The quantitative estimate of drug-likeness (QED) is 0.478. The highest BCUT2D eigenvalue weighted by atomic mass is 32.2. The molecular formula is C19H23FN2O4S. The molecule has 0 bridgehead atoms. The van der Waals surface area contributed by atoms with Gasteiger partial charge in [-0.25, -0.2) is 12.8 Å². The van der Waals surface area contributed by atoms with Crippen molar-refractivity contribution in [2.45, 2.75) is 37.5 Å². The molecule has 0 aromatic heterocycles. The molecule has 0 radical (unpaired) electrons. The zero-order valence-corrected chi connectivity index (χ0v) is 15.9. The highest BCUT2D eigenvalue weighted by Gasteiger charge is 2.15. The summed E-state index contributed by atoms with van der Waals surface area (Å²) in [5.41, 5.74) is 2.40. The molecule has 2 aromatic rings. The minimum Gasteiger partial charge on any atom is -0.494 e. The first kappa shape index (κ1) is 20.9. The van der Waals surface area contributed by atoms with E-state index < -0.39 is 21.7 Å². The first-order valence-electron chi connectivity index (χ1n) is 8.73. The lowest BCUT2D eigenvalue weighted by atomic mass is 10.2. The molecule has 2 rings (SSSR count). The average molecular weight is 394 g/mol. The van der Waals surface area contributed by atoms with E-state index in [1.165, 1.54) is 6.42 Å². The molecule has 0 aliphatic heterocycles. The van der Waals surface area contributed by atoms with Crippen molar-refractivity contribution >= 4 is 15.9 Å². The first-order chi connectivity index (χ1) is 12.9. The summed E-state index contributed by atoms with van der Waals surface area (Å²) in [5.74, 6) is -0.518. The van der Waals surface area contributed by atoms with Gasteiger partial charge >= 0.3 is 0 Å². The van der Waals surface area contributed by atoms with Crippen molar-refractivity contribution in [2.24, 2.45) is 0 Å². The number of nitrogens with one attached hydrogen (secondary N) is 2. The minimum atomic E-state index is -3.98. The Kier molecular flexibility index (Phi) is 7.75. The minimum absolute atomic E-state index is 0.156. The van der Waals surface area contributed by atoms with Crippen molar-refractivity contribution in [3.05, 3.63) is 59.9 Å². The Labute approximate surface area is 158 Å². The van der Waals surface area contributed by atoms with E-state index in [1.54, 1.807) is 24.3 Å². The van der Waals surface area contributed by atoms with Gasteiger partial charge in [0.2, 0.25) is 0 Å². The molecule has 0 fully saturated rings. The number of rotatable bonds is 10. The molecule has 0 atom stereocenters. The van der Waals surface area contributed by atoms with Gasteiger partial charge in [-0.05, 0) is 55.0 Å². The largest absolute Gasteiger partial charge is 0.494 e. The number of amides is 1. The zero-order valence-electron chi connectivity index (χ0n) is 15.1. The maximum Gasteiger partial charge on any atom is 0.266 e. The number of hydrazine groups is 1. The summed E-state index contributed by atoms with van der Waals surface area (Å²) in [6.07, 6.45) is 4.43. The fraction of sp³-hybridized carbons (Fsp3) is 0.316. The lowest BCUT2D eigenvalue weighted by molar-refractivity contribution is 0.0945. The van der Waals surface area contributed by atoms with Crippen molar-refractivity contribution in [1.82, 2.24) is 10.3 Å². The van der Waals surface area contributed by atoms with E-state index >= 15 is 0 Å². The molecular weight excluding hydrogens is 371 g/mol. The normalized spacial score (nSPS) is 11.2. The van der Waals surface area contributed by atoms with E-state index in [-0.39, 0.29) is 10.5 Å². The van der Waals surface area contributed by atoms with Crippen LogP contribution in [0.25, 0.3) is 0 Å². The molecule has 27 heavy (non-hydrogen) atoms. The third kappa shape index (κ3) is 6.65. The van der Waals surface area contributed by atoms with E-state index in [2.05, 4.69) is 12.3 Å². The fourth-order valence-corrected chi connectivity index (χ4v) is 3.12. The standard InChI is InChI=1S/C19H23FN2O4S/c1-2-3-4-5-14-26-17-10-6-15(7-11-17)19(23)21-22-27(24,25)18-12-8-16(20)9-13-18/h6-13,22H,2-5,14H2,1H3,(H,21,23). The maximum atomic E-state index is 12.9. The van der Waals surface area contributed by atoms with Gasteiger partial charge in [0, 0.05) is 5.56 Å². The van der Waals surface area contributed by atoms with Gasteiger partial charge in [-0.3, -0.25) is 10.2 Å². The van der Waals surface area contributed by atoms with E-state index in [1.807, 2.05) is 4.83 Å². The van der Waals surface area contributed by atoms with Crippen LogP contribution >= 0.6 is 0 Å². The van der Waals surface area contributed by atoms with Gasteiger partial charge in [0.05, 0.1) is 11.5 Å². The lowest BCUT2D eigenvalue weighted by Gasteiger charge is -2.09. The summed E-state index contributed by atoms with van der Waals surface area (Å²) in [6, 6.07) is 10.7. The average Bonchev–Trinajstić information content (AvgIpc) is 2.67. The Morgan fingerprint density at radius 2 is 1.67 bits per heavy atom. The smallest absolute Gasteiger partial charge is 0.266 e. The number of hydrogen-bond acceptors (Lipinski definition) is 4. The predicted octanol–water partition coefficient (Wildman–Crippen LogP) is 3.41. The topological polar surface area (TPSA) is 84.5 Å². The van der Waals surface area contributed by atoms with Gasteiger partial charge in [-0.15, -0.1) is 4.83 Å². The van der Waals surface area contributed by atoms with Crippen LogP contribution < -0.4 is 15.0 Å². The lowest BCUT2D eigenvalue weighted by Crippen LogP contribution is -2.41. The second-order valence-electron chi connectivity index (χ2n) is 5.95. The van der Waals surface area contributed by atoms with Crippen LogP contribution in [0.15, 0.2) is 53.4 Å². The molecule has 0 unspecified atom stereocenters. The van der Waals surface area contributed by atoms with Crippen molar-refractivity contribution < 1.29 is 22.3 Å². The molecule has 2 aromatic carbocycles. The molecule has 0 spiro atoms. The van der Waals surface area contributed by atoms with Crippen LogP contribution in [0, 0.1) is 5.82 Å². The molecule has 0 saturated carbocycles. The summed E-state index contributed by atoms with van der Waals surface area (Å²) < 4.78 is 42.6. The number of benzene rings is 2. The number of sulfonamides is 1. The monoisotopic (exact) mass is 394 g/mol. The maximum absolute atomic E-state index is 12.9. The zero-order chi connectivity index (χ0) is 19.7. The van der Waals surface area contributed by atoms with E-state index in [9.17, 15) is 17.6 Å². The van der Waals surface area contributed by atoms with Crippen LogP contribution in [0.1, 0.15) is 43.0 Å². The van der Waals surface area contributed by atoms with Crippen molar-refractivity contribution in [3.8, 4) is 5.75 Å². The Hall–Kier alpha value is -2.45. The molecule has 6 nitrogen and oxygen atoms in total. The third-order valence-corrected chi connectivity index (χ3v) is 5.07. The fourth-order valence-electron chi connectivity index (χ4n) is 2.28. The van der Waals surface area contributed by atoms with Crippen LogP contribution in [0.3, 0.4) is 0 Å². The molecule has 0 aliphatic carbocycles. The number of unbranched alkanes of at least 4 members (excludes halogenated alkanes) is 3. The van der Waals surface area contributed by atoms with Crippen LogP contribution in [0.2, 0.25) is 0 Å². The second kappa shape index (κ2) is 10.0. The highest BCUT2D eigenvalue weighted by molar-refractivity contribution is 7.89. The summed E-state index contributed by atoms with van der Waals surface area (Å²) in [6.45, 7) is 2.76. The second-order valence-corrected chi connectivity index (χ2v) is 7.63. The highest BCUT2D eigenvalue weighted by Crippen LogP contribution is 2.13. The van der Waals surface area contributed by atoms with Gasteiger partial charge in [0.15, 0.2) is 0 Å². The number of carbonyl (C=O) groups excluding carboxylic acids is 1. The van der Waals surface area contributed by atoms with E-state index in [0.717, 1.165) is 43.5 Å². The van der Waals surface area contributed by atoms with Crippen molar-refractivity contribution in [2.75, 3.05) is 6.61 Å². The summed E-state index contributed by atoms with van der Waals surface area (Å²) >= 11 is 0. The predicted molar refractivity (Wildman–Crippen MR) is 100 cm³/mol. The van der Waals surface area contributed by atoms with E-state index in [4.69, 9.17) is 4.74 Å². The third-order valence-electron chi connectivity index (χ3n) is 3.81. The number of ether oxygens (including phenoxy) is 1. The summed E-state index contributed by atoms with van der Waals surface area (Å²) in [5, 5.41) is 0. The number of carbonyl (C=O) groups is 1. The molecule has 8 heteroatoms. The van der Waals surface area contributed by atoms with Gasteiger partial charge in [0.1, 0.15) is 11.6 Å². The van der Waals surface area contributed by atoms with E-state index in [0.29, 0.717) is 12.4 Å². The Balaban J connectivity index is 1.85. The molecule has 0 saturated heterocycles. The number of halogens is 1. The Bertz CT molecular complexity index is 837. The molecule has 2 N–H and O–H groups in total. The Morgan fingerprint density at radius 1 is 1.00 bits per heavy atom.